The second-order valence-corrected chi connectivity index (χ2v) is 4.67. The van der Waals surface area contributed by atoms with Gasteiger partial charge in [0.25, 0.3) is 5.91 Å². The molecule has 2 rings (SSSR count). The summed E-state index contributed by atoms with van der Waals surface area (Å²) < 4.78 is 0. The maximum atomic E-state index is 11.4. The quantitative estimate of drug-likeness (QED) is 0.893. The molecule has 1 aromatic rings. The number of primary amides is 1. The second-order valence-electron chi connectivity index (χ2n) is 4.67. The third-order valence-corrected chi connectivity index (χ3v) is 3.29. The van der Waals surface area contributed by atoms with Crippen molar-refractivity contribution in [2.45, 2.75) is 47.1 Å². The molecule has 5 heteroatoms. The normalized spacial score (nSPS) is 17.1. The van der Waals surface area contributed by atoms with Crippen molar-refractivity contribution in [3.63, 3.8) is 0 Å². The van der Waals surface area contributed by atoms with Crippen LogP contribution in [0.4, 0.5) is 0 Å². The average Bonchev–Trinajstić information content (AvgIpc) is 2.89. The molecule has 1 atom stereocenters. The van der Waals surface area contributed by atoms with Crippen molar-refractivity contribution in [3.8, 4) is 0 Å². The Labute approximate surface area is 127 Å². The molecule has 2 heterocycles. The van der Waals surface area contributed by atoms with Gasteiger partial charge >= 0.3 is 0 Å². The van der Waals surface area contributed by atoms with Crippen molar-refractivity contribution in [2.75, 3.05) is 6.54 Å². The van der Waals surface area contributed by atoms with E-state index in [1.807, 2.05) is 31.8 Å². The van der Waals surface area contributed by atoms with Crippen molar-refractivity contribution in [1.29, 1.82) is 0 Å². The van der Waals surface area contributed by atoms with Crippen LogP contribution >= 0.6 is 0 Å². The molecule has 1 aliphatic rings. The van der Waals surface area contributed by atoms with Gasteiger partial charge in [-0.3, -0.25) is 4.79 Å². The fraction of sp³-hybridized carbons (Fsp3) is 0.500. The number of carbonyl (C=O) groups is 1. The van der Waals surface area contributed by atoms with Crippen molar-refractivity contribution in [3.05, 3.63) is 35.3 Å². The highest BCUT2D eigenvalue weighted by atomic mass is 16.1. The van der Waals surface area contributed by atoms with E-state index < -0.39 is 5.91 Å². The number of hydrogen-bond donors (Lipinski definition) is 2. The number of pyridine rings is 1. The Balaban J connectivity index is 0.00000106. The highest BCUT2D eigenvalue weighted by Gasteiger charge is 2.21. The molecule has 1 aliphatic heterocycles. The summed E-state index contributed by atoms with van der Waals surface area (Å²) in [7, 11) is 0. The zero-order valence-electron chi connectivity index (χ0n) is 13.6. The molecule has 3 N–H and O–H groups in total. The Bertz CT molecular complexity index is 525. The van der Waals surface area contributed by atoms with Crippen LogP contribution in [-0.4, -0.2) is 28.5 Å². The van der Waals surface area contributed by atoms with E-state index in [1.54, 1.807) is 6.07 Å². The number of aryl methyl sites for hydroxylation is 1. The number of hydrazine groups is 1. The minimum absolute atomic E-state index is 0.216. The molecule has 0 saturated carbocycles. The first kappa shape index (κ1) is 17.2. The third kappa shape index (κ3) is 4.04. The van der Waals surface area contributed by atoms with Crippen LogP contribution in [0.3, 0.4) is 0 Å². The van der Waals surface area contributed by atoms with Gasteiger partial charge in [-0.2, -0.15) is 0 Å². The van der Waals surface area contributed by atoms with E-state index in [-0.39, 0.29) is 6.04 Å². The molecule has 0 aliphatic carbocycles. The van der Waals surface area contributed by atoms with Gasteiger partial charge in [0.1, 0.15) is 5.69 Å². The molecular weight excluding hydrogens is 264 g/mol. The largest absolute Gasteiger partial charge is 0.364 e. The molecule has 0 saturated heterocycles. The topological polar surface area (TPSA) is 71.2 Å². The summed E-state index contributed by atoms with van der Waals surface area (Å²) in [6.07, 6.45) is 2.85. The highest BCUT2D eigenvalue weighted by molar-refractivity contribution is 5.92. The molecule has 1 amide bonds. The molecule has 0 fully saturated rings. The molecule has 5 nitrogen and oxygen atoms in total. The van der Waals surface area contributed by atoms with Gasteiger partial charge in [-0.1, -0.05) is 20.8 Å². The Morgan fingerprint density at radius 2 is 2.05 bits per heavy atom. The fourth-order valence-corrected chi connectivity index (χ4v) is 2.20. The number of carbonyl (C=O) groups excluding carboxylic acids is 1. The second kappa shape index (κ2) is 7.78. The lowest BCUT2D eigenvalue weighted by atomic mass is 10.0. The predicted octanol–water partition coefficient (Wildman–Crippen LogP) is 2.34. The standard InChI is InChI=1S/C14H20N4O.C2H6/c1-4-11-6-10(7-13(16-11)14(15)19)12-8-18(5-2)17-9(12)3;1-2/h6-9,17H,4-5H2,1-3H3,(H2,15,19);1-2H3. The number of hydrogen-bond acceptors (Lipinski definition) is 4. The summed E-state index contributed by atoms with van der Waals surface area (Å²) in [5, 5.41) is 2.04. The Kier molecular flexibility index (Phi) is 6.37. The number of amides is 1. The van der Waals surface area contributed by atoms with E-state index in [0.29, 0.717) is 5.69 Å². The first-order valence-corrected chi connectivity index (χ1v) is 7.60. The number of nitrogens with one attached hydrogen (secondary N) is 1. The van der Waals surface area contributed by atoms with Crippen LogP contribution < -0.4 is 11.2 Å². The average molecular weight is 290 g/mol. The lowest BCUT2D eigenvalue weighted by molar-refractivity contribution is 0.0995. The van der Waals surface area contributed by atoms with Crippen LogP contribution in [0.2, 0.25) is 0 Å². The number of rotatable bonds is 4. The van der Waals surface area contributed by atoms with E-state index in [2.05, 4.69) is 30.5 Å². The summed E-state index contributed by atoms with van der Waals surface area (Å²) in [5.41, 5.74) is 12.1. The molecular formula is C16H26N4O. The van der Waals surface area contributed by atoms with Gasteiger partial charge in [0.2, 0.25) is 0 Å². The minimum atomic E-state index is -0.483. The lowest BCUT2D eigenvalue weighted by Crippen LogP contribution is -2.33. The minimum Gasteiger partial charge on any atom is -0.364 e. The predicted molar refractivity (Wildman–Crippen MR) is 86.4 cm³/mol. The van der Waals surface area contributed by atoms with Crippen molar-refractivity contribution >= 4 is 11.5 Å². The number of nitrogens with two attached hydrogens (primary N) is 1. The Hall–Kier alpha value is -1.88. The summed E-state index contributed by atoms with van der Waals surface area (Å²) in [6, 6.07) is 4.01. The molecule has 1 unspecified atom stereocenters. The van der Waals surface area contributed by atoms with E-state index in [0.717, 1.165) is 29.8 Å². The van der Waals surface area contributed by atoms with E-state index >= 15 is 0 Å². The first-order chi connectivity index (χ1) is 10.0. The van der Waals surface area contributed by atoms with Crippen LogP contribution in [0.5, 0.6) is 0 Å². The zero-order chi connectivity index (χ0) is 16.0. The van der Waals surface area contributed by atoms with Gasteiger partial charge in [0.05, 0.1) is 6.04 Å². The summed E-state index contributed by atoms with van der Waals surface area (Å²) in [6.45, 7) is 11.1. The molecule has 0 radical (unpaired) electrons. The van der Waals surface area contributed by atoms with Crippen LogP contribution in [0.25, 0.3) is 5.57 Å². The van der Waals surface area contributed by atoms with Crippen LogP contribution in [0.1, 0.15) is 56.4 Å². The molecule has 1 aromatic heterocycles. The molecule has 0 spiro atoms. The van der Waals surface area contributed by atoms with Crippen molar-refractivity contribution in [1.82, 2.24) is 15.4 Å². The van der Waals surface area contributed by atoms with Crippen molar-refractivity contribution in [2.24, 2.45) is 5.73 Å². The Morgan fingerprint density at radius 3 is 2.52 bits per heavy atom. The smallest absolute Gasteiger partial charge is 0.267 e. The van der Waals surface area contributed by atoms with E-state index in [9.17, 15) is 4.79 Å². The Morgan fingerprint density at radius 1 is 1.38 bits per heavy atom. The SMILES string of the molecule is CC.CCc1cc(C2=CN(CC)NC2C)cc(C(N)=O)n1. The zero-order valence-corrected chi connectivity index (χ0v) is 13.6. The van der Waals surface area contributed by atoms with Gasteiger partial charge in [-0.05, 0) is 43.5 Å². The molecule has 21 heavy (non-hydrogen) atoms. The van der Waals surface area contributed by atoms with Crippen LogP contribution in [-0.2, 0) is 6.42 Å². The molecule has 0 bridgehead atoms. The monoisotopic (exact) mass is 290 g/mol. The van der Waals surface area contributed by atoms with E-state index in [1.165, 1.54) is 0 Å². The number of nitrogens with zero attached hydrogens (tertiary/aromatic N) is 2. The lowest BCUT2D eigenvalue weighted by Gasteiger charge is -2.15. The van der Waals surface area contributed by atoms with Crippen LogP contribution in [0, 0.1) is 0 Å². The fourth-order valence-electron chi connectivity index (χ4n) is 2.20. The van der Waals surface area contributed by atoms with Gasteiger partial charge in [0, 0.05) is 18.4 Å². The van der Waals surface area contributed by atoms with Gasteiger partial charge in [-0.15, -0.1) is 0 Å². The summed E-state index contributed by atoms with van der Waals surface area (Å²) in [4.78, 5) is 15.6. The van der Waals surface area contributed by atoms with Crippen molar-refractivity contribution < 1.29 is 4.79 Å². The maximum Gasteiger partial charge on any atom is 0.267 e. The third-order valence-electron chi connectivity index (χ3n) is 3.29. The maximum absolute atomic E-state index is 11.4. The first-order valence-electron chi connectivity index (χ1n) is 7.60. The summed E-state index contributed by atoms with van der Waals surface area (Å²) in [5.74, 6) is -0.483. The molecule has 116 valence electrons. The van der Waals surface area contributed by atoms with Gasteiger partial charge < -0.3 is 10.7 Å². The van der Waals surface area contributed by atoms with Gasteiger partial charge in [0.15, 0.2) is 0 Å². The highest BCUT2D eigenvalue weighted by Crippen LogP contribution is 2.24. The van der Waals surface area contributed by atoms with Crippen LogP contribution in [0.15, 0.2) is 18.3 Å². The molecule has 0 aromatic carbocycles. The van der Waals surface area contributed by atoms with Gasteiger partial charge in [-0.25, -0.2) is 10.4 Å². The summed E-state index contributed by atoms with van der Waals surface area (Å²) >= 11 is 0. The van der Waals surface area contributed by atoms with E-state index in [4.69, 9.17) is 5.73 Å². The number of aromatic nitrogens is 1.